The summed E-state index contributed by atoms with van der Waals surface area (Å²) in [6, 6.07) is 10.0. The van der Waals surface area contributed by atoms with Crippen molar-refractivity contribution in [2.24, 2.45) is 0 Å². The van der Waals surface area contributed by atoms with Gasteiger partial charge in [-0.15, -0.1) is 0 Å². The maximum absolute atomic E-state index is 10.6. The Morgan fingerprint density at radius 1 is 1.26 bits per heavy atom. The van der Waals surface area contributed by atoms with Crippen molar-refractivity contribution >= 4 is 12.2 Å². The van der Waals surface area contributed by atoms with Gasteiger partial charge in [-0.1, -0.05) is 49.1 Å². The second-order valence-electron chi connectivity index (χ2n) is 4.92. The maximum atomic E-state index is 10.6. The van der Waals surface area contributed by atoms with Crippen LogP contribution in [0.5, 0.6) is 0 Å². The lowest BCUT2D eigenvalue weighted by molar-refractivity contribution is 0.129. The van der Waals surface area contributed by atoms with Crippen molar-refractivity contribution in [1.29, 1.82) is 0 Å². The first-order valence-electron chi connectivity index (χ1n) is 6.15. The lowest BCUT2D eigenvalue weighted by Crippen LogP contribution is -2.40. The van der Waals surface area contributed by atoms with Crippen molar-refractivity contribution in [3.63, 3.8) is 0 Å². The molecular formula is C16H23NO2. The number of hydrogen-bond donors (Lipinski definition) is 1. The zero-order chi connectivity index (χ0) is 14.9. The van der Waals surface area contributed by atoms with Crippen LogP contribution in [0.4, 0.5) is 4.79 Å². The SMILES string of the molecule is C=Cc1ccccc1.CC=CN(C(=O)O)C(C)(C)C. The van der Waals surface area contributed by atoms with Crippen LogP contribution < -0.4 is 0 Å². The molecule has 0 unspecified atom stereocenters. The van der Waals surface area contributed by atoms with E-state index < -0.39 is 6.09 Å². The zero-order valence-electron chi connectivity index (χ0n) is 12.1. The third-order valence-corrected chi connectivity index (χ3v) is 2.26. The number of carboxylic acid groups (broad SMARTS) is 1. The molecule has 0 atom stereocenters. The Morgan fingerprint density at radius 2 is 1.79 bits per heavy atom. The van der Waals surface area contributed by atoms with Gasteiger partial charge in [-0.25, -0.2) is 4.79 Å². The average Bonchev–Trinajstić information content (AvgIpc) is 2.36. The quantitative estimate of drug-likeness (QED) is 0.843. The van der Waals surface area contributed by atoms with Crippen molar-refractivity contribution < 1.29 is 9.90 Å². The fraction of sp³-hybridized carbons (Fsp3) is 0.312. The van der Waals surface area contributed by atoms with E-state index in [1.165, 1.54) is 10.5 Å². The van der Waals surface area contributed by atoms with Gasteiger partial charge in [0.1, 0.15) is 0 Å². The predicted octanol–water partition coefficient (Wildman–Crippen LogP) is 4.63. The summed E-state index contributed by atoms with van der Waals surface area (Å²) in [5.74, 6) is 0. The monoisotopic (exact) mass is 261 g/mol. The summed E-state index contributed by atoms with van der Waals surface area (Å²) in [6.07, 6.45) is 4.18. The highest BCUT2D eigenvalue weighted by atomic mass is 16.4. The summed E-state index contributed by atoms with van der Waals surface area (Å²) in [6.45, 7) is 11.0. The highest BCUT2D eigenvalue weighted by Crippen LogP contribution is 2.13. The standard InChI is InChI=1S/C8H15NO2.C8H8/c1-5-6-9(7(10)11)8(2,3)4;1-2-8-6-4-3-5-7-8/h5-6H,1-4H3,(H,10,11);2-7H,1H2. The van der Waals surface area contributed by atoms with Crippen LogP contribution in [0.3, 0.4) is 0 Å². The summed E-state index contributed by atoms with van der Waals surface area (Å²) < 4.78 is 0. The van der Waals surface area contributed by atoms with Crippen LogP contribution in [0.15, 0.2) is 49.2 Å². The van der Waals surface area contributed by atoms with Gasteiger partial charge < -0.3 is 5.11 Å². The molecule has 1 aromatic rings. The van der Waals surface area contributed by atoms with E-state index in [0.717, 1.165) is 0 Å². The summed E-state index contributed by atoms with van der Waals surface area (Å²) in [5, 5.41) is 8.71. The lowest BCUT2D eigenvalue weighted by atomic mass is 10.1. The van der Waals surface area contributed by atoms with Gasteiger partial charge in [0.25, 0.3) is 0 Å². The van der Waals surface area contributed by atoms with Crippen molar-refractivity contribution in [1.82, 2.24) is 4.90 Å². The van der Waals surface area contributed by atoms with Gasteiger partial charge in [0, 0.05) is 11.7 Å². The molecule has 0 heterocycles. The molecule has 0 bridgehead atoms. The Morgan fingerprint density at radius 3 is 2.00 bits per heavy atom. The molecule has 0 radical (unpaired) electrons. The second-order valence-corrected chi connectivity index (χ2v) is 4.92. The van der Waals surface area contributed by atoms with E-state index in [2.05, 4.69) is 6.58 Å². The molecule has 0 fully saturated rings. The number of amides is 1. The van der Waals surface area contributed by atoms with Crippen LogP contribution in [0.1, 0.15) is 33.3 Å². The number of benzene rings is 1. The number of allylic oxidation sites excluding steroid dienone is 1. The van der Waals surface area contributed by atoms with Crippen molar-refractivity contribution in [3.8, 4) is 0 Å². The van der Waals surface area contributed by atoms with Gasteiger partial charge in [-0.3, -0.25) is 4.90 Å². The molecule has 0 aliphatic carbocycles. The Hall–Kier alpha value is -2.03. The topological polar surface area (TPSA) is 40.5 Å². The van der Waals surface area contributed by atoms with Crippen LogP contribution in [0.2, 0.25) is 0 Å². The van der Waals surface area contributed by atoms with Crippen molar-refractivity contribution in [3.05, 3.63) is 54.8 Å². The van der Waals surface area contributed by atoms with Gasteiger partial charge in [0.15, 0.2) is 0 Å². The summed E-state index contributed by atoms with van der Waals surface area (Å²) in [5.41, 5.74) is 0.811. The van der Waals surface area contributed by atoms with E-state index >= 15 is 0 Å². The summed E-state index contributed by atoms with van der Waals surface area (Å²) >= 11 is 0. The first kappa shape index (κ1) is 17.0. The molecule has 0 aliphatic heterocycles. The van der Waals surface area contributed by atoms with E-state index in [-0.39, 0.29) is 5.54 Å². The second kappa shape index (κ2) is 8.14. The summed E-state index contributed by atoms with van der Waals surface area (Å²) in [4.78, 5) is 11.9. The third kappa shape index (κ3) is 7.09. The predicted molar refractivity (Wildman–Crippen MR) is 81.0 cm³/mol. The van der Waals surface area contributed by atoms with Crippen molar-refractivity contribution in [2.45, 2.75) is 33.2 Å². The molecule has 0 aliphatic rings. The third-order valence-electron chi connectivity index (χ3n) is 2.26. The molecule has 0 saturated heterocycles. The minimum Gasteiger partial charge on any atom is -0.465 e. The summed E-state index contributed by atoms with van der Waals surface area (Å²) in [7, 11) is 0. The van der Waals surface area contributed by atoms with E-state index in [1.807, 2.05) is 57.2 Å². The Labute approximate surface area is 115 Å². The maximum Gasteiger partial charge on any atom is 0.411 e. The average molecular weight is 261 g/mol. The van der Waals surface area contributed by atoms with Gasteiger partial charge in [-0.05, 0) is 33.3 Å². The molecule has 1 N–H and O–H groups in total. The number of rotatable bonds is 2. The molecular weight excluding hydrogens is 238 g/mol. The Bertz CT molecular complexity index is 416. The first-order chi connectivity index (χ1) is 8.82. The van der Waals surface area contributed by atoms with Crippen LogP contribution in [-0.4, -0.2) is 21.6 Å². The normalized spacial score (nSPS) is 10.5. The zero-order valence-corrected chi connectivity index (χ0v) is 12.1. The molecule has 0 aromatic heterocycles. The first-order valence-corrected chi connectivity index (χ1v) is 6.15. The smallest absolute Gasteiger partial charge is 0.411 e. The Balaban J connectivity index is 0.000000356. The van der Waals surface area contributed by atoms with Crippen LogP contribution in [0.25, 0.3) is 6.08 Å². The van der Waals surface area contributed by atoms with E-state index in [0.29, 0.717) is 0 Å². The molecule has 1 aromatic carbocycles. The Kier molecular flexibility index (Phi) is 7.27. The molecule has 3 heteroatoms. The number of nitrogens with zero attached hydrogens (tertiary/aromatic N) is 1. The van der Waals surface area contributed by atoms with Crippen LogP contribution in [-0.2, 0) is 0 Å². The van der Waals surface area contributed by atoms with Gasteiger partial charge in [-0.2, -0.15) is 0 Å². The lowest BCUT2D eigenvalue weighted by Gasteiger charge is -2.29. The minimum absolute atomic E-state index is 0.363. The van der Waals surface area contributed by atoms with Crippen LogP contribution >= 0.6 is 0 Å². The van der Waals surface area contributed by atoms with E-state index in [9.17, 15) is 4.79 Å². The van der Waals surface area contributed by atoms with E-state index in [1.54, 1.807) is 19.2 Å². The van der Waals surface area contributed by atoms with Gasteiger partial charge in [0.05, 0.1) is 0 Å². The molecule has 0 spiro atoms. The number of hydrogen-bond acceptors (Lipinski definition) is 1. The molecule has 0 saturated carbocycles. The van der Waals surface area contributed by atoms with Crippen LogP contribution in [0, 0.1) is 0 Å². The molecule has 104 valence electrons. The van der Waals surface area contributed by atoms with Crippen molar-refractivity contribution in [2.75, 3.05) is 0 Å². The molecule has 3 nitrogen and oxygen atoms in total. The highest BCUT2D eigenvalue weighted by Gasteiger charge is 2.23. The molecule has 19 heavy (non-hydrogen) atoms. The molecule has 1 rings (SSSR count). The fourth-order valence-corrected chi connectivity index (χ4v) is 1.31. The van der Waals surface area contributed by atoms with Gasteiger partial charge >= 0.3 is 6.09 Å². The van der Waals surface area contributed by atoms with E-state index in [4.69, 9.17) is 5.11 Å². The largest absolute Gasteiger partial charge is 0.465 e. The molecule has 1 amide bonds. The minimum atomic E-state index is -0.921. The highest BCUT2D eigenvalue weighted by molar-refractivity contribution is 5.67. The van der Waals surface area contributed by atoms with Gasteiger partial charge in [0.2, 0.25) is 0 Å². The number of carbonyl (C=O) groups is 1. The fourth-order valence-electron chi connectivity index (χ4n) is 1.31.